The molecule has 2 aromatic rings. The molecule has 0 bridgehead atoms. The summed E-state index contributed by atoms with van der Waals surface area (Å²) >= 11 is 8.90. The van der Waals surface area contributed by atoms with E-state index in [0.29, 0.717) is 11.7 Å². The van der Waals surface area contributed by atoms with Crippen molar-refractivity contribution < 1.29 is 0 Å². The van der Waals surface area contributed by atoms with Gasteiger partial charge in [0.15, 0.2) is 5.82 Å². The Hall–Kier alpha value is -0.940. The van der Waals surface area contributed by atoms with E-state index in [1.807, 2.05) is 6.20 Å². The van der Waals surface area contributed by atoms with Crippen LogP contribution in [0.3, 0.4) is 0 Å². The van der Waals surface area contributed by atoms with Crippen molar-refractivity contribution in [2.75, 3.05) is 0 Å². The molecule has 14 heavy (non-hydrogen) atoms. The summed E-state index contributed by atoms with van der Waals surface area (Å²) in [6, 6.07) is 0. The number of nitrogens with zero attached hydrogens (tertiary/aromatic N) is 4. The molecule has 72 valence electrons. The molecular weight excluding hydrogens is 267 g/mol. The molecule has 4 nitrogen and oxygen atoms in total. The lowest BCUT2D eigenvalue weighted by Crippen LogP contribution is -1.99. The summed E-state index contributed by atoms with van der Waals surface area (Å²) in [5, 5.41) is 4.08. The standard InChI is InChI=1S/C8H6BrClN4/c9-6-2-13-14(5-6)8-4-11-7(1-10)3-12-8/h2-5H,1H2. The fourth-order valence-corrected chi connectivity index (χ4v) is 1.38. The SMILES string of the molecule is ClCc1cnc(-n2cc(Br)cn2)cn1. The van der Waals surface area contributed by atoms with Gasteiger partial charge in [0.1, 0.15) is 0 Å². The summed E-state index contributed by atoms with van der Waals surface area (Å²) in [5.74, 6) is 1.04. The molecule has 0 aliphatic rings. The quantitative estimate of drug-likeness (QED) is 0.788. The molecule has 0 saturated carbocycles. The van der Waals surface area contributed by atoms with E-state index in [1.54, 1.807) is 23.3 Å². The molecule has 0 amide bonds. The van der Waals surface area contributed by atoms with E-state index < -0.39 is 0 Å². The van der Waals surface area contributed by atoms with Gasteiger partial charge in [-0.3, -0.25) is 4.98 Å². The Morgan fingerprint density at radius 1 is 1.29 bits per heavy atom. The first kappa shape index (κ1) is 9.61. The maximum atomic E-state index is 5.60. The molecule has 2 heterocycles. The molecule has 0 radical (unpaired) electrons. The normalized spacial score (nSPS) is 10.4. The van der Waals surface area contributed by atoms with Crippen molar-refractivity contribution in [3.8, 4) is 5.82 Å². The maximum Gasteiger partial charge on any atom is 0.171 e. The lowest BCUT2D eigenvalue weighted by Gasteiger charge is -1.99. The minimum atomic E-state index is 0.371. The monoisotopic (exact) mass is 272 g/mol. The maximum absolute atomic E-state index is 5.60. The summed E-state index contributed by atoms with van der Waals surface area (Å²) < 4.78 is 2.54. The third kappa shape index (κ3) is 1.93. The van der Waals surface area contributed by atoms with Gasteiger partial charge >= 0.3 is 0 Å². The number of alkyl halides is 1. The Morgan fingerprint density at radius 3 is 2.64 bits per heavy atom. The highest BCUT2D eigenvalue weighted by molar-refractivity contribution is 9.10. The van der Waals surface area contributed by atoms with Crippen molar-refractivity contribution in [1.82, 2.24) is 19.7 Å². The number of aromatic nitrogens is 4. The van der Waals surface area contributed by atoms with Crippen LogP contribution in [0.2, 0.25) is 0 Å². The third-order valence-electron chi connectivity index (χ3n) is 1.61. The molecule has 0 aliphatic heterocycles. The molecule has 6 heteroatoms. The average Bonchev–Trinajstić information content (AvgIpc) is 2.65. The van der Waals surface area contributed by atoms with Gasteiger partial charge in [-0.25, -0.2) is 9.67 Å². The van der Waals surface area contributed by atoms with Gasteiger partial charge in [0.05, 0.1) is 34.6 Å². The van der Waals surface area contributed by atoms with Crippen LogP contribution in [0, 0.1) is 0 Å². The van der Waals surface area contributed by atoms with Crippen molar-refractivity contribution in [2.45, 2.75) is 5.88 Å². The largest absolute Gasteiger partial charge is 0.254 e. The summed E-state index contributed by atoms with van der Waals surface area (Å²) in [6.45, 7) is 0. The molecule has 0 saturated heterocycles. The van der Waals surface area contributed by atoms with E-state index in [2.05, 4.69) is 31.0 Å². The Bertz CT molecular complexity index is 425. The van der Waals surface area contributed by atoms with Gasteiger partial charge in [-0.2, -0.15) is 5.10 Å². The average molecular weight is 274 g/mol. The molecule has 0 N–H and O–H groups in total. The van der Waals surface area contributed by atoms with E-state index in [1.165, 1.54) is 0 Å². The Balaban J connectivity index is 2.33. The molecule has 0 aliphatic carbocycles. The molecule has 2 rings (SSSR count). The predicted molar refractivity (Wildman–Crippen MR) is 56.4 cm³/mol. The Kier molecular flexibility index (Phi) is 2.79. The zero-order chi connectivity index (χ0) is 9.97. The van der Waals surface area contributed by atoms with Crippen LogP contribution in [-0.2, 0) is 5.88 Å². The van der Waals surface area contributed by atoms with Gasteiger partial charge in [0.2, 0.25) is 0 Å². The smallest absolute Gasteiger partial charge is 0.171 e. The number of rotatable bonds is 2. The van der Waals surface area contributed by atoms with Crippen LogP contribution < -0.4 is 0 Å². The summed E-state index contributed by atoms with van der Waals surface area (Å²) in [5.41, 5.74) is 0.752. The molecule has 0 unspecified atom stereocenters. The van der Waals surface area contributed by atoms with Gasteiger partial charge in [-0.15, -0.1) is 11.6 Å². The second-order valence-electron chi connectivity index (χ2n) is 2.60. The van der Waals surface area contributed by atoms with E-state index in [4.69, 9.17) is 11.6 Å². The third-order valence-corrected chi connectivity index (χ3v) is 2.30. The first-order valence-electron chi connectivity index (χ1n) is 3.87. The first-order chi connectivity index (χ1) is 6.79. The second kappa shape index (κ2) is 4.06. The van der Waals surface area contributed by atoms with Gasteiger partial charge < -0.3 is 0 Å². The topological polar surface area (TPSA) is 43.6 Å². The predicted octanol–water partition coefficient (Wildman–Crippen LogP) is 2.16. The van der Waals surface area contributed by atoms with Crippen LogP contribution >= 0.6 is 27.5 Å². The minimum Gasteiger partial charge on any atom is -0.254 e. The van der Waals surface area contributed by atoms with E-state index >= 15 is 0 Å². The fourth-order valence-electron chi connectivity index (χ4n) is 0.961. The van der Waals surface area contributed by atoms with Crippen molar-refractivity contribution in [3.63, 3.8) is 0 Å². The molecule has 0 spiro atoms. The van der Waals surface area contributed by atoms with Crippen LogP contribution in [0.5, 0.6) is 0 Å². The zero-order valence-corrected chi connectivity index (χ0v) is 9.40. The fraction of sp³-hybridized carbons (Fsp3) is 0.125. The van der Waals surface area contributed by atoms with Crippen LogP contribution in [0.25, 0.3) is 5.82 Å². The van der Waals surface area contributed by atoms with Crippen molar-refractivity contribution >= 4 is 27.5 Å². The van der Waals surface area contributed by atoms with Crippen LogP contribution in [0.4, 0.5) is 0 Å². The van der Waals surface area contributed by atoms with Crippen molar-refractivity contribution in [1.29, 1.82) is 0 Å². The molecule has 0 aromatic carbocycles. The van der Waals surface area contributed by atoms with Crippen molar-refractivity contribution in [2.24, 2.45) is 0 Å². The van der Waals surface area contributed by atoms with Crippen LogP contribution in [-0.4, -0.2) is 19.7 Å². The lowest BCUT2D eigenvalue weighted by atomic mass is 10.5. The summed E-state index contributed by atoms with van der Waals surface area (Å²) in [6.07, 6.45) is 6.77. The molecular formula is C8H6BrClN4. The highest BCUT2D eigenvalue weighted by atomic mass is 79.9. The van der Waals surface area contributed by atoms with Gasteiger partial charge in [-0.1, -0.05) is 0 Å². The number of halogens is 2. The van der Waals surface area contributed by atoms with E-state index in [-0.39, 0.29) is 0 Å². The molecule has 0 fully saturated rings. The van der Waals surface area contributed by atoms with Gasteiger partial charge in [0, 0.05) is 6.20 Å². The summed E-state index contributed by atoms with van der Waals surface area (Å²) in [7, 11) is 0. The van der Waals surface area contributed by atoms with Crippen LogP contribution in [0.1, 0.15) is 5.69 Å². The summed E-state index contributed by atoms with van der Waals surface area (Å²) in [4.78, 5) is 8.28. The van der Waals surface area contributed by atoms with Gasteiger partial charge in [0.25, 0.3) is 0 Å². The Morgan fingerprint density at radius 2 is 2.14 bits per heavy atom. The molecule has 2 aromatic heterocycles. The number of hydrogen-bond acceptors (Lipinski definition) is 3. The lowest BCUT2D eigenvalue weighted by molar-refractivity contribution is 0.832. The second-order valence-corrected chi connectivity index (χ2v) is 3.79. The highest BCUT2D eigenvalue weighted by Gasteiger charge is 2.00. The highest BCUT2D eigenvalue weighted by Crippen LogP contribution is 2.10. The minimum absolute atomic E-state index is 0.371. The number of hydrogen-bond donors (Lipinski definition) is 0. The zero-order valence-electron chi connectivity index (χ0n) is 7.06. The van der Waals surface area contributed by atoms with Crippen molar-refractivity contribution in [3.05, 3.63) is 35.0 Å². The Labute approximate surface area is 94.1 Å². The van der Waals surface area contributed by atoms with Crippen LogP contribution in [0.15, 0.2) is 29.3 Å². The van der Waals surface area contributed by atoms with E-state index in [9.17, 15) is 0 Å². The molecule has 0 atom stereocenters. The van der Waals surface area contributed by atoms with E-state index in [0.717, 1.165) is 10.2 Å². The first-order valence-corrected chi connectivity index (χ1v) is 5.20. The van der Waals surface area contributed by atoms with Gasteiger partial charge in [-0.05, 0) is 15.9 Å².